The molecule has 1 aliphatic rings. The molecule has 0 saturated carbocycles. The Balaban J connectivity index is 1.49. The molecule has 0 bridgehead atoms. The molecule has 31 heavy (non-hydrogen) atoms. The highest BCUT2D eigenvalue weighted by Gasteiger charge is 2.32. The van der Waals surface area contributed by atoms with Crippen LogP contribution in [-0.2, 0) is 6.18 Å². The first kappa shape index (κ1) is 21.2. The summed E-state index contributed by atoms with van der Waals surface area (Å²) >= 11 is 0. The van der Waals surface area contributed by atoms with E-state index in [0.717, 1.165) is 11.6 Å². The molecule has 0 N–H and O–H groups in total. The maximum Gasteiger partial charge on any atom is 0.416 e. The number of alkyl halides is 3. The molecular weight excluding hydrogens is 408 g/mol. The lowest BCUT2D eigenvalue weighted by Gasteiger charge is -2.40. The van der Waals surface area contributed by atoms with Crippen molar-refractivity contribution in [2.75, 3.05) is 31.1 Å². The van der Waals surface area contributed by atoms with Gasteiger partial charge in [0.05, 0.1) is 5.56 Å². The molecule has 0 amide bonds. The van der Waals surface area contributed by atoms with Crippen LogP contribution in [0.1, 0.15) is 17.4 Å². The largest absolute Gasteiger partial charge is 0.471 e. The van der Waals surface area contributed by atoms with Gasteiger partial charge in [-0.15, -0.1) is 0 Å². The Morgan fingerprint density at radius 3 is 2.10 bits per heavy atom. The van der Waals surface area contributed by atoms with Gasteiger partial charge in [0.25, 0.3) is 0 Å². The SMILES string of the molecule is Fc1ccc(OC(c2ccccc2)N2CCN(c3cccc(C(F)(F)F)c3)CC2)cc1. The average molecular weight is 430 g/mol. The molecule has 3 aromatic rings. The minimum absolute atomic E-state index is 0.335. The molecule has 1 fully saturated rings. The van der Waals surface area contributed by atoms with Crippen LogP contribution in [-0.4, -0.2) is 31.1 Å². The van der Waals surface area contributed by atoms with Gasteiger partial charge in [0.1, 0.15) is 11.6 Å². The number of anilines is 1. The molecule has 1 aliphatic heterocycles. The summed E-state index contributed by atoms with van der Waals surface area (Å²) in [6.07, 6.45) is -4.74. The molecule has 0 radical (unpaired) electrons. The summed E-state index contributed by atoms with van der Waals surface area (Å²) in [5.41, 5.74) is 0.874. The fraction of sp³-hybridized carbons (Fsp3) is 0.250. The highest BCUT2D eigenvalue weighted by Crippen LogP contribution is 2.33. The van der Waals surface area contributed by atoms with E-state index in [2.05, 4.69) is 4.90 Å². The number of nitrogens with zero attached hydrogens (tertiary/aromatic N) is 2. The highest BCUT2D eigenvalue weighted by molar-refractivity contribution is 5.49. The standard InChI is InChI=1S/C24H22F4N2O/c25-20-9-11-22(12-10-20)31-23(18-5-2-1-3-6-18)30-15-13-29(14-16-30)21-8-4-7-19(17-21)24(26,27)28/h1-12,17,23H,13-16H2. The van der Waals surface area contributed by atoms with E-state index in [1.165, 1.54) is 24.3 Å². The monoisotopic (exact) mass is 430 g/mol. The Kier molecular flexibility index (Phi) is 6.13. The van der Waals surface area contributed by atoms with Crippen molar-refractivity contribution in [1.82, 2.24) is 4.90 Å². The average Bonchev–Trinajstić information content (AvgIpc) is 2.79. The minimum atomic E-state index is -4.36. The number of benzene rings is 3. The third-order valence-electron chi connectivity index (χ3n) is 5.33. The van der Waals surface area contributed by atoms with Crippen molar-refractivity contribution >= 4 is 5.69 Å². The Hall–Kier alpha value is -3.06. The number of halogens is 4. The van der Waals surface area contributed by atoms with Gasteiger partial charge in [-0.3, -0.25) is 4.90 Å². The molecule has 162 valence electrons. The van der Waals surface area contributed by atoms with Crippen molar-refractivity contribution in [3.8, 4) is 5.75 Å². The van der Waals surface area contributed by atoms with Gasteiger partial charge in [0, 0.05) is 37.4 Å². The Morgan fingerprint density at radius 1 is 0.774 bits per heavy atom. The van der Waals surface area contributed by atoms with Crippen molar-refractivity contribution in [1.29, 1.82) is 0 Å². The summed E-state index contributed by atoms with van der Waals surface area (Å²) < 4.78 is 58.6. The van der Waals surface area contributed by atoms with Crippen LogP contribution in [0.2, 0.25) is 0 Å². The van der Waals surface area contributed by atoms with E-state index in [0.29, 0.717) is 37.6 Å². The van der Waals surface area contributed by atoms with Crippen LogP contribution >= 0.6 is 0 Å². The maximum atomic E-state index is 13.3. The molecule has 3 nitrogen and oxygen atoms in total. The van der Waals surface area contributed by atoms with Crippen LogP contribution in [0.25, 0.3) is 0 Å². The summed E-state index contributed by atoms with van der Waals surface area (Å²) in [5.74, 6) is 0.217. The molecular formula is C24H22F4N2O. The fourth-order valence-corrected chi connectivity index (χ4v) is 3.71. The third-order valence-corrected chi connectivity index (χ3v) is 5.33. The number of hydrogen-bond acceptors (Lipinski definition) is 3. The van der Waals surface area contributed by atoms with Gasteiger partial charge in [-0.05, 0) is 42.5 Å². The molecule has 3 aromatic carbocycles. The smallest absolute Gasteiger partial charge is 0.416 e. The zero-order valence-corrected chi connectivity index (χ0v) is 16.7. The molecule has 1 unspecified atom stereocenters. The van der Waals surface area contributed by atoms with E-state index in [-0.39, 0.29) is 12.0 Å². The summed E-state index contributed by atoms with van der Waals surface area (Å²) in [7, 11) is 0. The van der Waals surface area contributed by atoms with Crippen LogP contribution in [0, 0.1) is 5.82 Å². The van der Waals surface area contributed by atoms with Gasteiger partial charge in [0.15, 0.2) is 6.23 Å². The van der Waals surface area contributed by atoms with Crippen LogP contribution in [0.15, 0.2) is 78.9 Å². The molecule has 0 aliphatic carbocycles. The number of rotatable bonds is 5. The molecule has 0 aromatic heterocycles. The minimum Gasteiger partial charge on any atom is -0.471 e. The van der Waals surface area contributed by atoms with E-state index < -0.39 is 11.7 Å². The second-order valence-electron chi connectivity index (χ2n) is 7.41. The first-order valence-corrected chi connectivity index (χ1v) is 10.0. The summed E-state index contributed by atoms with van der Waals surface area (Å²) in [5, 5.41) is 0. The zero-order valence-electron chi connectivity index (χ0n) is 16.7. The highest BCUT2D eigenvalue weighted by atomic mass is 19.4. The number of hydrogen-bond donors (Lipinski definition) is 0. The topological polar surface area (TPSA) is 15.7 Å². The maximum absolute atomic E-state index is 13.3. The van der Waals surface area contributed by atoms with Gasteiger partial charge < -0.3 is 9.64 Å². The van der Waals surface area contributed by atoms with Crippen LogP contribution in [0.3, 0.4) is 0 Å². The lowest BCUT2D eigenvalue weighted by molar-refractivity contribution is -0.137. The molecule has 1 heterocycles. The lowest BCUT2D eigenvalue weighted by atomic mass is 10.1. The van der Waals surface area contributed by atoms with E-state index in [4.69, 9.17) is 4.74 Å². The molecule has 4 rings (SSSR count). The van der Waals surface area contributed by atoms with Crippen LogP contribution in [0.4, 0.5) is 23.2 Å². The van der Waals surface area contributed by atoms with E-state index >= 15 is 0 Å². The van der Waals surface area contributed by atoms with Crippen LogP contribution in [0.5, 0.6) is 5.75 Å². The molecule has 0 spiro atoms. The second-order valence-corrected chi connectivity index (χ2v) is 7.41. The Morgan fingerprint density at radius 2 is 1.45 bits per heavy atom. The lowest BCUT2D eigenvalue weighted by Crippen LogP contribution is -2.49. The summed E-state index contributed by atoms with van der Waals surface area (Å²) in [4.78, 5) is 4.09. The van der Waals surface area contributed by atoms with Gasteiger partial charge in [-0.25, -0.2) is 4.39 Å². The Bertz CT molecular complexity index is 984. The van der Waals surface area contributed by atoms with Crippen molar-refractivity contribution in [2.45, 2.75) is 12.4 Å². The van der Waals surface area contributed by atoms with Crippen molar-refractivity contribution in [2.24, 2.45) is 0 Å². The molecule has 1 atom stereocenters. The first-order valence-electron chi connectivity index (χ1n) is 10.0. The third kappa shape index (κ3) is 5.17. The fourth-order valence-electron chi connectivity index (χ4n) is 3.71. The first-order chi connectivity index (χ1) is 14.9. The van der Waals surface area contributed by atoms with Crippen LogP contribution < -0.4 is 9.64 Å². The predicted molar refractivity (Wildman–Crippen MR) is 111 cm³/mol. The van der Waals surface area contributed by atoms with Gasteiger partial charge >= 0.3 is 6.18 Å². The summed E-state index contributed by atoms with van der Waals surface area (Å²) in [6, 6.07) is 21.0. The quantitative estimate of drug-likeness (QED) is 0.480. The molecule has 7 heteroatoms. The van der Waals surface area contributed by atoms with Gasteiger partial charge in [-0.1, -0.05) is 36.4 Å². The van der Waals surface area contributed by atoms with E-state index in [1.54, 1.807) is 18.2 Å². The van der Waals surface area contributed by atoms with Crippen molar-refractivity contribution in [3.63, 3.8) is 0 Å². The zero-order chi connectivity index (χ0) is 21.8. The number of ether oxygens (including phenoxy) is 1. The summed E-state index contributed by atoms with van der Waals surface area (Å²) in [6.45, 7) is 2.35. The second kappa shape index (κ2) is 8.98. The molecule has 1 saturated heterocycles. The van der Waals surface area contributed by atoms with Gasteiger partial charge in [0.2, 0.25) is 0 Å². The predicted octanol–water partition coefficient (Wildman–Crippen LogP) is 5.74. The van der Waals surface area contributed by atoms with Crippen molar-refractivity contribution < 1.29 is 22.3 Å². The van der Waals surface area contributed by atoms with E-state index in [9.17, 15) is 17.6 Å². The Labute approximate surface area is 178 Å². The number of piperazine rings is 1. The van der Waals surface area contributed by atoms with Gasteiger partial charge in [-0.2, -0.15) is 13.2 Å². The van der Waals surface area contributed by atoms with E-state index in [1.807, 2.05) is 35.2 Å². The normalized spacial score (nSPS) is 16.2. The van der Waals surface area contributed by atoms with Crippen molar-refractivity contribution in [3.05, 3.63) is 95.8 Å².